The highest BCUT2D eigenvalue weighted by Gasteiger charge is 2.31. The van der Waals surface area contributed by atoms with Crippen LogP contribution < -0.4 is 15.0 Å². The van der Waals surface area contributed by atoms with Gasteiger partial charge >= 0.3 is 0 Å². The molecular weight excluding hydrogens is 320 g/mol. The molecule has 1 N–H and O–H groups in total. The molecule has 4 rings (SSSR count). The number of benzene rings is 1. The van der Waals surface area contributed by atoms with Crippen molar-refractivity contribution in [2.24, 2.45) is 0 Å². The zero-order valence-corrected chi connectivity index (χ0v) is 14.7. The number of H-pyrrole nitrogens is 1. The van der Waals surface area contributed by atoms with Gasteiger partial charge in [-0.1, -0.05) is 0 Å². The van der Waals surface area contributed by atoms with Crippen molar-refractivity contribution in [3.8, 4) is 11.5 Å². The summed E-state index contributed by atoms with van der Waals surface area (Å²) in [6.45, 7) is 4.91. The lowest BCUT2D eigenvalue weighted by Gasteiger charge is -2.34. The van der Waals surface area contributed by atoms with Crippen LogP contribution in [0.15, 0.2) is 16.9 Å². The summed E-state index contributed by atoms with van der Waals surface area (Å²) < 4.78 is 10.6. The standard InChI is InChI=1S/C18H24N4O3/c1-24-15-9-13-14(10-16(15)25-2)19-17(20-18(13)23)11-21-5-7-22(8-6-21)12-3-4-12/h9-10,12H,3-8,11H2,1-2H3,(H,19,20,23). The number of piperazine rings is 1. The van der Waals surface area contributed by atoms with Crippen LogP contribution in [0.4, 0.5) is 0 Å². The highest BCUT2D eigenvalue weighted by Crippen LogP contribution is 2.30. The van der Waals surface area contributed by atoms with E-state index in [0.717, 1.165) is 32.2 Å². The Labute approximate surface area is 146 Å². The second kappa shape index (κ2) is 6.65. The molecule has 7 nitrogen and oxygen atoms in total. The van der Waals surface area contributed by atoms with Crippen molar-refractivity contribution in [3.05, 3.63) is 28.3 Å². The first kappa shape index (κ1) is 16.4. The average molecular weight is 344 g/mol. The van der Waals surface area contributed by atoms with E-state index < -0.39 is 0 Å². The maximum Gasteiger partial charge on any atom is 0.258 e. The monoisotopic (exact) mass is 344 g/mol. The fraction of sp³-hybridized carbons (Fsp3) is 0.556. The quantitative estimate of drug-likeness (QED) is 0.879. The van der Waals surface area contributed by atoms with E-state index in [2.05, 4.69) is 19.8 Å². The van der Waals surface area contributed by atoms with Gasteiger partial charge in [0.05, 0.1) is 31.7 Å². The Balaban J connectivity index is 1.54. The Bertz CT molecular complexity index is 823. The first-order valence-corrected chi connectivity index (χ1v) is 8.79. The fourth-order valence-electron chi connectivity index (χ4n) is 3.53. The van der Waals surface area contributed by atoms with Crippen LogP contribution in [0, 0.1) is 0 Å². The van der Waals surface area contributed by atoms with E-state index in [1.807, 2.05) is 0 Å². The third-order valence-electron chi connectivity index (χ3n) is 5.10. The summed E-state index contributed by atoms with van der Waals surface area (Å²) in [4.78, 5) is 24.9. The summed E-state index contributed by atoms with van der Waals surface area (Å²) in [7, 11) is 3.14. The summed E-state index contributed by atoms with van der Waals surface area (Å²) >= 11 is 0. The predicted octanol–water partition coefficient (Wildman–Crippen LogP) is 1.22. The van der Waals surface area contributed by atoms with Crippen molar-refractivity contribution in [2.75, 3.05) is 40.4 Å². The molecule has 2 aliphatic rings. The Hall–Kier alpha value is -2.12. The molecule has 0 amide bonds. The molecule has 2 heterocycles. The molecule has 1 aliphatic heterocycles. The maximum atomic E-state index is 12.4. The van der Waals surface area contributed by atoms with Crippen LogP contribution >= 0.6 is 0 Å². The molecule has 7 heteroatoms. The Morgan fingerprint density at radius 3 is 2.44 bits per heavy atom. The number of hydrogen-bond acceptors (Lipinski definition) is 6. The van der Waals surface area contributed by atoms with E-state index in [4.69, 9.17) is 9.47 Å². The Kier molecular flexibility index (Phi) is 4.35. The topological polar surface area (TPSA) is 70.7 Å². The molecular formula is C18H24N4O3. The van der Waals surface area contributed by atoms with E-state index in [9.17, 15) is 4.79 Å². The highest BCUT2D eigenvalue weighted by molar-refractivity contribution is 5.81. The fourth-order valence-corrected chi connectivity index (χ4v) is 3.53. The summed E-state index contributed by atoms with van der Waals surface area (Å²) in [6, 6.07) is 4.26. The first-order chi connectivity index (χ1) is 12.2. The lowest BCUT2D eigenvalue weighted by Crippen LogP contribution is -2.46. The summed E-state index contributed by atoms with van der Waals surface area (Å²) in [6.07, 6.45) is 2.70. The largest absolute Gasteiger partial charge is 0.493 e. The van der Waals surface area contributed by atoms with Crippen LogP contribution in [0.2, 0.25) is 0 Å². The number of nitrogens with one attached hydrogen (secondary N) is 1. The summed E-state index contributed by atoms with van der Waals surface area (Å²) in [5.74, 6) is 1.81. The zero-order chi connectivity index (χ0) is 17.4. The predicted molar refractivity (Wildman–Crippen MR) is 95.3 cm³/mol. The van der Waals surface area contributed by atoms with Crippen molar-refractivity contribution in [1.29, 1.82) is 0 Å². The SMILES string of the molecule is COc1cc2nc(CN3CCN(C4CC4)CC3)[nH]c(=O)c2cc1OC. The molecule has 1 aliphatic carbocycles. The number of methoxy groups -OCH3 is 2. The van der Waals surface area contributed by atoms with Gasteiger partial charge in [0, 0.05) is 38.3 Å². The minimum Gasteiger partial charge on any atom is -0.493 e. The molecule has 0 spiro atoms. The smallest absolute Gasteiger partial charge is 0.258 e. The number of nitrogens with zero attached hydrogens (tertiary/aromatic N) is 3. The van der Waals surface area contributed by atoms with Crippen molar-refractivity contribution < 1.29 is 9.47 Å². The normalized spacial score (nSPS) is 19.3. The molecule has 1 aromatic heterocycles. The van der Waals surface area contributed by atoms with Crippen molar-refractivity contribution in [1.82, 2.24) is 19.8 Å². The molecule has 0 radical (unpaired) electrons. The summed E-state index contributed by atoms with van der Waals surface area (Å²) in [5, 5.41) is 0.514. The van der Waals surface area contributed by atoms with E-state index in [-0.39, 0.29) is 5.56 Å². The third-order valence-corrected chi connectivity index (χ3v) is 5.10. The van der Waals surface area contributed by atoms with E-state index in [1.165, 1.54) is 12.8 Å². The molecule has 134 valence electrons. The summed E-state index contributed by atoms with van der Waals surface area (Å²) in [5.41, 5.74) is 0.491. The minimum atomic E-state index is -0.141. The van der Waals surface area contributed by atoms with Crippen molar-refractivity contribution in [3.63, 3.8) is 0 Å². The van der Waals surface area contributed by atoms with Gasteiger partial charge in [-0.25, -0.2) is 4.98 Å². The Morgan fingerprint density at radius 2 is 1.80 bits per heavy atom. The van der Waals surface area contributed by atoms with E-state index >= 15 is 0 Å². The molecule has 0 atom stereocenters. The minimum absolute atomic E-state index is 0.141. The number of hydrogen-bond donors (Lipinski definition) is 1. The number of aromatic nitrogens is 2. The van der Waals surface area contributed by atoms with Gasteiger partial charge < -0.3 is 14.5 Å². The highest BCUT2D eigenvalue weighted by atomic mass is 16.5. The van der Waals surface area contributed by atoms with Gasteiger partial charge in [0.2, 0.25) is 0 Å². The van der Waals surface area contributed by atoms with Crippen LogP contribution in [-0.4, -0.2) is 66.2 Å². The van der Waals surface area contributed by atoms with Gasteiger partial charge in [0.15, 0.2) is 11.5 Å². The number of aromatic amines is 1. The first-order valence-electron chi connectivity index (χ1n) is 8.79. The van der Waals surface area contributed by atoms with Gasteiger partial charge in [0.25, 0.3) is 5.56 Å². The van der Waals surface area contributed by atoms with Gasteiger partial charge in [0.1, 0.15) is 5.82 Å². The second-order valence-corrected chi connectivity index (χ2v) is 6.78. The van der Waals surface area contributed by atoms with Crippen LogP contribution in [0.25, 0.3) is 10.9 Å². The van der Waals surface area contributed by atoms with Crippen molar-refractivity contribution in [2.45, 2.75) is 25.4 Å². The lowest BCUT2D eigenvalue weighted by molar-refractivity contribution is 0.119. The number of fused-ring (bicyclic) bond motifs is 1. The molecule has 1 saturated carbocycles. The van der Waals surface area contributed by atoms with Crippen LogP contribution in [0.5, 0.6) is 11.5 Å². The maximum absolute atomic E-state index is 12.4. The van der Waals surface area contributed by atoms with Gasteiger partial charge in [-0.05, 0) is 18.9 Å². The third kappa shape index (κ3) is 3.34. The number of rotatable bonds is 5. The Morgan fingerprint density at radius 1 is 1.12 bits per heavy atom. The molecule has 0 bridgehead atoms. The van der Waals surface area contributed by atoms with Crippen LogP contribution in [-0.2, 0) is 6.54 Å². The molecule has 2 fully saturated rings. The van der Waals surface area contributed by atoms with Gasteiger partial charge in [-0.2, -0.15) is 0 Å². The van der Waals surface area contributed by atoms with Crippen LogP contribution in [0.1, 0.15) is 18.7 Å². The molecule has 2 aromatic rings. The van der Waals surface area contributed by atoms with Gasteiger partial charge in [-0.3, -0.25) is 14.6 Å². The van der Waals surface area contributed by atoms with E-state index in [1.54, 1.807) is 26.4 Å². The van der Waals surface area contributed by atoms with Crippen LogP contribution in [0.3, 0.4) is 0 Å². The molecule has 1 saturated heterocycles. The van der Waals surface area contributed by atoms with Crippen molar-refractivity contribution >= 4 is 10.9 Å². The lowest BCUT2D eigenvalue weighted by atomic mass is 10.2. The average Bonchev–Trinajstić information content (AvgIpc) is 3.46. The van der Waals surface area contributed by atoms with E-state index in [0.29, 0.717) is 34.8 Å². The van der Waals surface area contributed by atoms with Gasteiger partial charge in [-0.15, -0.1) is 0 Å². The molecule has 1 aromatic carbocycles. The number of ether oxygens (including phenoxy) is 2. The second-order valence-electron chi connectivity index (χ2n) is 6.78. The molecule has 25 heavy (non-hydrogen) atoms. The zero-order valence-electron chi connectivity index (χ0n) is 14.7. The molecule has 0 unspecified atom stereocenters.